The van der Waals surface area contributed by atoms with Crippen LogP contribution in [0, 0.1) is 6.92 Å². The van der Waals surface area contributed by atoms with Gasteiger partial charge in [-0.15, -0.1) is 0 Å². The molecule has 1 heterocycles. The largest absolute Gasteiger partial charge is 0.370 e. The SMILES string of the molecule is Cc1cccc(S(=O)(=O)NCC(=O)N2CCO[C@@H](c3ccccc3)C2)c1. The molecule has 0 spiro atoms. The first-order valence-electron chi connectivity index (χ1n) is 8.46. The van der Waals surface area contributed by atoms with E-state index >= 15 is 0 Å². The third kappa shape index (κ3) is 4.49. The first kappa shape index (κ1) is 18.6. The number of nitrogens with zero attached hydrogens (tertiary/aromatic N) is 1. The zero-order valence-electron chi connectivity index (χ0n) is 14.6. The van der Waals surface area contributed by atoms with Gasteiger partial charge in [0.05, 0.1) is 24.6 Å². The average molecular weight is 374 g/mol. The highest BCUT2D eigenvalue weighted by atomic mass is 32.2. The van der Waals surface area contributed by atoms with E-state index in [2.05, 4.69) is 4.72 Å². The minimum Gasteiger partial charge on any atom is -0.370 e. The van der Waals surface area contributed by atoms with Crippen molar-refractivity contribution in [1.82, 2.24) is 9.62 Å². The van der Waals surface area contributed by atoms with Gasteiger partial charge >= 0.3 is 0 Å². The third-order valence-corrected chi connectivity index (χ3v) is 5.70. The second-order valence-electron chi connectivity index (χ2n) is 6.25. The molecule has 1 aliphatic rings. The van der Waals surface area contributed by atoms with Gasteiger partial charge in [0.2, 0.25) is 15.9 Å². The molecule has 1 fully saturated rings. The summed E-state index contributed by atoms with van der Waals surface area (Å²) < 4.78 is 32.8. The van der Waals surface area contributed by atoms with Crippen LogP contribution in [0.25, 0.3) is 0 Å². The Bertz CT molecular complexity index is 868. The normalized spacial score (nSPS) is 17.9. The smallest absolute Gasteiger partial charge is 0.241 e. The highest BCUT2D eigenvalue weighted by Gasteiger charge is 2.26. The van der Waals surface area contributed by atoms with E-state index < -0.39 is 10.0 Å². The van der Waals surface area contributed by atoms with E-state index in [1.54, 1.807) is 17.0 Å². The zero-order chi connectivity index (χ0) is 18.6. The Morgan fingerprint density at radius 3 is 2.69 bits per heavy atom. The maximum atomic E-state index is 12.5. The molecule has 138 valence electrons. The molecular weight excluding hydrogens is 352 g/mol. The number of nitrogens with one attached hydrogen (secondary N) is 1. The number of rotatable bonds is 5. The van der Waals surface area contributed by atoms with Gasteiger partial charge in [0.25, 0.3) is 0 Å². The molecule has 1 atom stereocenters. The number of sulfonamides is 1. The van der Waals surface area contributed by atoms with Crippen molar-refractivity contribution in [1.29, 1.82) is 0 Å². The lowest BCUT2D eigenvalue weighted by Crippen LogP contribution is -2.46. The molecule has 0 aromatic heterocycles. The summed E-state index contributed by atoms with van der Waals surface area (Å²) in [5.41, 5.74) is 1.85. The number of ether oxygens (including phenoxy) is 1. The van der Waals surface area contributed by atoms with Crippen LogP contribution in [-0.2, 0) is 19.6 Å². The predicted molar refractivity (Wildman–Crippen MR) is 98.1 cm³/mol. The van der Waals surface area contributed by atoms with Crippen molar-refractivity contribution in [2.24, 2.45) is 0 Å². The molecule has 2 aromatic rings. The first-order chi connectivity index (χ1) is 12.5. The molecule has 0 aliphatic carbocycles. The van der Waals surface area contributed by atoms with E-state index in [-0.39, 0.29) is 23.5 Å². The van der Waals surface area contributed by atoms with Crippen LogP contribution >= 0.6 is 0 Å². The summed E-state index contributed by atoms with van der Waals surface area (Å²) in [7, 11) is -3.71. The van der Waals surface area contributed by atoms with Crippen LogP contribution in [0.2, 0.25) is 0 Å². The van der Waals surface area contributed by atoms with Crippen molar-refractivity contribution >= 4 is 15.9 Å². The van der Waals surface area contributed by atoms with E-state index in [0.717, 1.165) is 11.1 Å². The van der Waals surface area contributed by atoms with Crippen LogP contribution in [0.15, 0.2) is 59.5 Å². The second kappa shape index (κ2) is 7.99. The van der Waals surface area contributed by atoms with Gasteiger partial charge in [-0.3, -0.25) is 4.79 Å². The molecule has 0 radical (unpaired) electrons. The van der Waals surface area contributed by atoms with E-state index in [0.29, 0.717) is 19.7 Å². The Labute approximate surface area is 153 Å². The highest BCUT2D eigenvalue weighted by Crippen LogP contribution is 2.22. The number of amides is 1. The maximum absolute atomic E-state index is 12.5. The molecule has 3 rings (SSSR count). The van der Waals surface area contributed by atoms with Gasteiger partial charge in [-0.1, -0.05) is 42.5 Å². The van der Waals surface area contributed by atoms with Crippen LogP contribution in [0.3, 0.4) is 0 Å². The number of carbonyl (C=O) groups excluding carboxylic acids is 1. The molecule has 7 heteroatoms. The van der Waals surface area contributed by atoms with Crippen molar-refractivity contribution < 1.29 is 17.9 Å². The number of aryl methyl sites for hydroxylation is 1. The number of benzene rings is 2. The third-order valence-electron chi connectivity index (χ3n) is 4.30. The van der Waals surface area contributed by atoms with Crippen LogP contribution < -0.4 is 4.72 Å². The van der Waals surface area contributed by atoms with Crippen LogP contribution in [-0.4, -0.2) is 45.5 Å². The second-order valence-corrected chi connectivity index (χ2v) is 8.02. The van der Waals surface area contributed by atoms with Crippen molar-refractivity contribution in [3.8, 4) is 0 Å². The van der Waals surface area contributed by atoms with Crippen molar-refractivity contribution in [3.63, 3.8) is 0 Å². The van der Waals surface area contributed by atoms with E-state index in [9.17, 15) is 13.2 Å². The fourth-order valence-corrected chi connectivity index (χ4v) is 3.96. The molecule has 0 unspecified atom stereocenters. The molecule has 1 amide bonds. The van der Waals surface area contributed by atoms with Crippen molar-refractivity contribution in [2.45, 2.75) is 17.9 Å². The lowest BCUT2D eigenvalue weighted by molar-refractivity contribution is -0.137. The molecule has 1 N–H and O–H groups in total. The molecule has 26 heavy (non-hydrogen) atoms. The highest BCUT2D eigenvalue weighted by molar-refractivity contribution is 7.89. The maximum Gasteiger partial charge on any atom is 0.241 e. The standard InChI is InChI=1S/C19H22N2O4S/c1-15-6-5-9-17(12-15)26(23,24)20-13-19(22)21-10-11-25-18(14-21)16-7-3-2-4-8-16/h2-9,12,18,20H,10-11,13-14H2,1H3/t18-/m1/s1. The molecule has 0 saturated carbocycles. The molecule has 2 aromatic carbocycles. The molecule has 1 saturated heterocycles. The summed E-state index contributed by atoms with van der Waals surface area (Å²) in [6.07, 6.45) is -0.192. The van der Waals surface area contributed by atoms with Gasteiger partial charge in [0.15, 0.2) is 0 Å². The van der Waals surface area contributed by atoms with E-state index in [1.807, 2.05) is 43.3 Å². The quantitative estimate of drug-likeness (QED) is 0.867. The number of hydrogen-bond donors (Lipinski definition) is 1. The van der Waals surface area contributed by atoms with E-state index in [1.165, 1.54) is 6.07 Å². The molecular formula is C19H22N2O4S. The van der Waals surface area contributed by atoms with Crippen LogP contribution in [0.4, 0.5) is 0 Å². The van der Waals surface area contributed by atoms with Gasteiger partial charge in [0.1, 0.15) is 6.10 Å². The minimum atomic E-state index is -3.71. The zero-order valence-corrected chi connectivity index (χ0v) is 15.4. The monoisotopic (exact) mass is 374 g/mol. The molecule has 0 bridgehead atoms. The fraction of sp³-hybridized carbons (Fsp3) is 0.316. The number of morpholine rings is 1. The van der Waals surface area contributed by atoms with Crippen LogP contribution in [0.1, 0.15) is 17.2 Å². The summed E-state index contributed by atoms with van der Waals surface area (Å²) in [4.78, 5) is 14.3. The minimum absolute atomic E-state index is 0.162. The number of carbonyl (C=O) groups is 1. The molecule has 1 aliphatic heterocycles. The van der Waals surface area contributed by atoms with Crippen LogP contribution in [0.5, 0.6) is 0 Å². The lowest BCUT2D eigenvalue weighted by Gasteiger charge is -2.33. The summed E-state index contributed by atoms with van der Waals surface area (Å²) in [6.45, 7) is 2.85. The van der Waals surface area contributed by atoms with Gasteiger partial charge in [-0.05, 0) is 30.2 Å². The van der Waals surface area contributed by atoms with Crippen molar-refractivity contribution in [2.75, 3.05) is 26.2 Å². The lowest BCUT2D eigenvalue weighted by atomic mass is 10.1. The predicted octanol–water partition coefficient (Wildman–Crippen LogP) is 1.87. The Balaban J connectivity index is 1.61. The van der Waals surface area contributed by atoms with E-state index in [4.69, 9.17) is 4.74 Å². The molecule has 6 nitrogen and oxygen atoms in total. The Kier molecular flexibility index (Phi) is 5.70. The summed E-state index contributed by atoms with van der Waals surface area (Å²) in [5.74, 6) is -0.259. The number of hydrogen-bond acceptors (Lipinski definition) is 4. The summed E-state index contributed by atoms with van der Waals surface area (Å²) in [6, 6.07) is 16.3. The topological polar surface area (TPSA) is 75.7 Å². The Morgan fingerprint density at radius 1 is 1.19 bits per heavy atom. The Morgan fingerprint density at radius 2 is 1.96 bits per heavy atom. The first-order valence-corrected chi connectivity index (χ1v) is 9.95. The fourth-order valence-electron chi connectivity index (χ4n) is 2.88. The van der Waals surface area contributed by atoms with Gasteiger partial charge in [-0.2, -0.15) is 0 Å². The summed E-state index contributed by atoms with van der Waals surface area (Å²) >= 11 is 0. The van der Waals surface area contributed by atoms with Gasteiger partial charge < -0.3 is 9.64 Å². The Hall–Kier alpha value is -2.22. The van der Waals surface area contributed by atoms with Gasteiger partial charge in [-0.25, -0.2) is 13.1 Å². The van der Waals surface area contributed by atoms with Crippen molar-refractivity contribution in [3.05, 3.63) is 65.7 Å². The van der Waals surface area contributed by atoms with Gasteiger partial charge in [0, 0.05) is 6.54 Å². The summed E-state index contributed by atoms with van der Waals surface area (Å²) in [5, 5.41) is 0. The average Bonchev–Trinajstić information content (AvgIpc) is 2.67.